The normalized spacial score (nSPS) is 10.6. The Morgan fingerprint density at radius 1 is 1.50 bits per heavy atom. The minimum Gasteiger partial charge on any atom is -0.383 e. The van der Waals surface area contributed by atoms with Crippen molar-refractivity contribution in [3.63, 3.8) is 0 Å². The number of hydrogen-bond donors (Lipinski definition) is 2. The van der Waals surface area contributed by atoms with Gasteiger partial charge in [-0.1, -0.05) is 13.8 Å². The van der Waals surface area contributed by atoms with Gasteiger partial charge in [-0.3, -0.25) is 4.79 Å². The third kappa shape index (κ3) is 5.14. The Balaban J connectivity index is 2.20. The van der Waals surface area contributed by atoms with Crippen molar-refractivity contribution in [2.75, 3.05) is 25.5 Å². The minimum atomic E-state index is -0.215. The van der Waals surface area contributed by atoms with Gasteiger partial charge in [0.2, 0.25) is 0 Å². The first kappa shape index (κ1) is 14.4. The van der Waals surface area contributed by atoms with Crippen LogP contribution in [0.2, 0.25) is 0 Å². The number of nitrogens with two attached hydrogens (primary N) is 1. The Hall–Kier alpha value is -1.62. The Bertz CT molecular complexity index is 380. The molecule has 0 spiro atoms. The summed E-state index contributed by atoms with van der Waals surface area (Å²) < 4.78 is 5.40. The maximum Gasteiger partial charge on any atom is 0.255 e. The van der Waals surface area contributed by atoms with Crippen LogP contribution in [0.15, 0.2) is 18.3 Å². The van der Waals surface area contributed by atoms with Crippen molar-refractivity contribution in [3.05, 3.63) is 23.9 Å². The molecule has 0 bridgehead atoms. The zero-order chi connectivity index (χ0) is 13.4. The van der Waals surface area contributed by atoms with Crippen molar-refractivity contribution < 1.29 is 9.53 Å². The van der Waals surface area contributed by atoms with Crippen LogP contribution in [0.3, 0.4) is 0 Å². The van der Waals surface area contributed by atoms with Gasteiger partial charge < -0.3 is 15.8 Å². The molecule has 0 aliphatic carbocycles. The first-order chi connectivity index (χ1) is 8.61. The van der Waals surface area contributed by atoms with Crippen LogP contribution in [0.1, 0.15) is 30.6 Å². The topological polar surface area (TPSA) is 77.2 Å². The van der Waals surface area contributed by atoms with E-state index in [0.29, 0.717) is 24.6 Å². The van der Waals surface area contributed by atoms with Crippen LogP contribution in [0.5, 0.6) is 0 Å². The molecule has 3 N–H and O–H groups in total. The molecule has 1 aromatic rings. The number of amides is 1. The van der Waals surface area contributed by atoms with Crippen molar-refractivity contribution in [2.45, 2.75) is 20.3 Å². The van der Waals surface area contributed by atoms with Crippen LogP contribution < -0.4 is 11.1 Å². The van der Waals surface area contributed by atoms with Crippen LogP contribution in [-0.4, -0.2) is 30.6 Å². The summed E-state index contributed by atoms with van der Waals surface area (Å²) in [6, 6.07) is 3.34. The van der Waals surface area contributed by atoms with Gasteiger partial charge in [0.1, 0.15) is 5.82 Å². The lowest BCUT2D eigenvalue weighted by Gasteiger charge is -2.08. The molecule has 0 fully saturated rings. The van der Waals surface area contributed by atoms with E-state index in [1.165, 1.54) is 0 Å². The average molecular weight is 251 g/mol. The molecule has 0 saturated heterocycles. The maximum absolute atomic E-state index is 11.7. The Morgan fingerprint density at radius 2 is 2.28 bits per heavy atom. The van der Waals surface area contributed by atoms with E-state index in [9.17, 15) is 4.79 Å². The van der Waals surface area contributed by atoms with Gasteiger partial charge in [0, 0.05) is 19.3 Å². The molecule has 0 unspecified atom stereocenters. The van der Waals surface area contributed by atoms with E-state index in [0.717, 1.165) is 13.0 Å². The van der Waals surface area contributed by atoms with Crippen molar-refractivity contribution in [1.82, 2.24) is 10.3 Å². The van der Waals surface area contributed by atoms with E-state index in [-0.39, 0.29) is 11.7 Å². The molecule has 1 rings (SSSR count). The largest absolute Gasteiger partial charge is 0.383 e. The number of nitrogen functional groups attached to an aromatic ring is 1. The zero-order valence-electron chi connectivity index (χ0n) is 11.0. The molecule has 5 nitrogen and oxygen atoms in total. The van der Waals surface area contributed by atoms with Gasteiger partial charge in [-0.2, -0.15) is 0 Å². The van der Waals surface area contributed by atoms with Crippen LogP contribution in [0.4, 0.5) is 5.82 Å². The molecule has 0 atom stereocenters. The number of carbonyl (C=O) groups is 1. The zero-order valence-corrected chi connectivity index (χ0v) is 11.0. The summed E-state index contributed by atoms with van der Waals surface area (Å²) in [4.78, 5) is 15.6. The minimum absolute atomic E-state index is 0.215. The van der Waals surface area contributed by atoms with Gasteiger partial charge in [-0.15, -0.1) is 0 Å². The molecule has 5 heteroatoms. The van der Waals surface area contributed by atoms with Crippen LogP contribution in [0.25, 0.3) is 0 Å². The predicted octanol–water partition coefficient (Wildman–Crippen LogP) is 1.46. The molecule has 0 aliphatic rings. The van der Waals surface area contributed by atoms with Crippen molar-refractivity contribution >= 4 is 11.7 Å². The first-order valence-corrected chi connectivity index (χ1v) is 6.17. The highest BCUT2D eigenvalue weighted by atomic mass is 16.5. The van der Waals surface area contributed by atoms with E-state index in [4.69, 9.17) is 10.5 Å². The second kappa shape index (κ2) is 7.66. The average Bonchev–Trinajstić information content (AvgIpc) is 2.33. The molecular weight excluding hydrogens is 230 g/mol. The Kier molecular flexibility index (Phi) is 6.14. The molecule has 18 heavy (non-hydrogen) atoms. The van der Waals surface area contributed by atoms with Gasteiger partial charge in [0.15, 0.2) is 0 Å². The summed E-state index contributed by atoms with van der Waals surface area (Å²) in [7, 11) is 0. The highest BCUT2D eigenvalue weighted by Gasteiger charge is 2.08. The number of anilines is 1. The number of carbonyl (C=O) groups excluding carboxylic acids is 1. The summed E-state index contributed by atoms with van der Waals surface area (Å²) in [5.41, 5.74) is 6.01. The van der Waals surface area contributed by atoms with Gasteiger partial charge >= 0.3 is 0 Å². The Labute approximate surface area is 108 Å². The highest BCUT2D eigenvalue weighted by molar-refractivity contribution is 5.98. The Morgan fingerprint density at radius 3 is 2.94 bits per heavy atom. The summed E-state index contributed by atoms with van der Waals surface area (Å²) in [6.07, 6.45) is 2.59. The van der Waals surface area contributed by atoms with Crippen molar-refractivity contribution in [3.8, 4) is 0 Å². The standard InChI is InChI=1S/C13H21N3O2/c1-10(2)5-8-18-9-7-16-13(17)11-4-3-6-15-12(11)14/h3-4,6,10H,5,7-9H2,1-2H3,(H2,14,15)(H,16,17). The number of nitrogens with one attached hydrogen (secondary N) is 1. The summed E-state index contributed by atoms with van der Waals surface area (Å²) >= 11 is 0. The highest BCUT2D eigenvalue weighted by Crippen LogP contribution is 2.05. The van der Waals surface area contributed by atoms with Crippen LogP contribution in [0, 0.1) is 5.92 Å². The maximum atomic E-state index is 11.7. The van der Waals surface area contributed by atoms with E-state index >= 15 is 0 Å². The van der Waals surface area contributed by atoms with Crippen molar-refractivity contribution in [1.29, 1.82) is 0 Å². The lowest BCUT2D eigenvalue weighted by Crippen LogP contribution is -2.28. The SMILES string of the molecule is CC(C)CCOCCNC(=O)c1cccnc1N. The quantitative estimate of drug-likeness (QED) is 0.719. The molecule has 0 aromatic carbocycles. The smallest absolute Gasteiger partial charge is 0.255 e. The monoisotopic (exact) mass is 251 g/mol. The summed E-state index contributed by atoms with van der Waals surface area (Å²) in [5, 5.41) is 2.74. The second-order valence-corrected chi connectivity index (χ2v) is 4.49. The molecule has 1 heterocycles. The second-order valence-electron chi connectivity index (χ2n) is 4.49. The number of nitrogens with zero attached hydrogens (tertiary/aromatic N) is 1. The molecular formula is C13H21N3O2. The molecule has 0 aliphatic heterocycles. The van der Waals surface area contributed by atoms with Gasteiger partial charge in [0.05, 0.1) is 12.2 Å². The number of hydrogen-bond acceptors (Lipinski definition) is 4. The van der Waals surface area contributed by atoms with E-state index < -0.39 is 0 Å². The molecule has 0 radical (unpaired) electrons. The molecule has 100 valence electrons. The lowest BCUT2D eigenvalue weighted by molar-refractivity contribution is 0.0906. The van der Waals surface area contributed by atoms with Gasteiger partial charge in [-0.25, -0.2) is 4.98 Å². The molecule has 1 amide bonds. The lowest BCUT2D eigenvalue weighted by atomic mass is 10.1. The number of ether oxygens (including phenoxy) is 1. The number of rotatable bonds is 7. The number of pyridine rings is 1. The number of aromatic nitrogens is 1. The summed E-state index contributed by atoms with van der Waals surface area (Å²) in [5.74, 6) is 0.665. The van der Waals surface area contributed by atoms with E-state index in [1.807, 2.05) is 0 Å². The van der Waals surface area contributed by atoms with Crippen molar-refractivity contribution in [2.24, 2.45) is 5.92 Å². The van der Waals surface area contributed by atoms with Crippen LogP contribution >= 0.6 is 0 Å². The van der Waals surface area contributed by atoms with Crippen LogP contribution in [-0.2, 0) is 4.74 Å². The third-order valence-corrected chi connectivity index (χ3v) is 2.45. The fourth-order valence-corrected chi connectivity index (χ4v) is 1.36. The predicted molar refractivity (Wildman–Crippen MR) is 71.3 cm³/mol. The molecule has 0 saturated carbocycles. The first-order valence-electron chi connectivity index (χ1n) is 6.17. The molecule has 1 aromatic heterocycles. The van der Waals surface area contributed by atoms with Gasteiger partial charge in [-0.05, 0) is 24.5 Å². The van der Waals surface area contributed by atoms with E-state index in [2.05, 4.69) is 24.1 Å². The van der Waals surface area contributed by atoms with E-state index in [1.54, 1.807) is 18.3 Å². The fraction of sp³-hybridized carbons (Fsp3) is 0.538. The fourth-order valence-electron chi connectivity index (χ4n) is 1.36. The third-order valence-electron chi connectivity index (χ3n) is 2.45. The summed E-state index contributed by atoms with van der Waals surface area (Å²) in [6.45, 7) is 6.01. The van der Waals surface area contributed by atoms with Gasteiger partial charge in [0.25, 0.3) is 5.91 Å².